The molecule has 0 bridgehead atoms. The molecule has 140 valence electrons. The lowest BCUT2D eigenvalue weighted by Gasteiger charge is -2.27. The molecule has 0 saturated carbocycles. The molecule has 1 aliphatic heterocycles. The number of rotatable bonds is 7. The molecule has 0 radical (unpaired) electrons. The molecule has 0 unspecified atom stereocenters. The van der Waals surface area contributed by atoms with E-state index in [1.165, 1.54) is 29.1 Å². The highest BCUT2D eigenvalue weighted by Gasteiger charge is 2.24. The molecule has 0 atom stereocenters. The van der Waals surface area contributed by atoms with Gasteiger partial charge in [0.2, 0.25) is 0 Å². The number of amides is 1. The third-order valence-electron chi connectivity index (χ3n) is 4.25. The van der Waals surface area contributed by atoms with E-state index in [9.17, 15) is 4.79 Å². The second kappa shape index (κ2) is 9.02. The van der Waals surface area contributed by atoms with Crippen LogP contribution in [0.2, 0.25) is 0 Å². The fourth-order valence-corrected chi connectivity index (χ4v) is 3.83. The van der Waals surface area contributed by atoms with Gasteiger partial charge in [0.05, 0.1) is 31.9 Å². The summed E-state index contributed by atoms with van der Waals surface area (Å²) >= 11 is 1.44. The summed E-state index contributed by atoms with van der Waals surface area (Å²) in [4.78, 5) is 20.4. The Hall–Kier alpha value is -2.09. The van der Waals surface area contributed by atoms with Crippen molar-refractivity contribution in [3.8, 4) is 5.75 Å². The van der Waals surface area contributed by atoms with Gasteiger partial charge in [-0.1, -0.05) is 30.3 Å². The Morgan fingerprint density at radius 1 is 1.27 bits per heavy atom. The summed E-state index contributed by atoms with van der Waals surface area (Å²) in [5.41, 5.74) is 1.21. The number of hydrogen-bond acceptors (Lipinski definition) is 6. The summed E-state index contributed by atoms with van der Waals surface area (Å²) in [5.74, 6) is 0.410. The van der Waals surface area contributed by atoms with E-state index in [4.69, 9.17) is 14.3 Å². The van der Waals surface area contributed by atoms with Crippen LogP contribution in [0.1, 0.15) is 15.2 Å². The van der Waals surface area contributed by atoms with Crippen LogP contribution in [0.15, 0.2) is 36.4 Å². The van der Waals surface area contributed by atoms with Crippen molar-refractivity contribution in [3.05, 3.63) is 46.8 Å². The smallest absolute Gasteiger partial charge is 0.291 e. The summed E-state index contributed by atoms with van der Waals surface area (Å²) in [5, 5.41) is 2.25. The average molecular weight is 376 g/mol. The monoisotopic (exact) mass is 376 g/mol. The van der Waals surface area contributed by atoms with Crippen molar-refractivity contribution in [2.24, 2.45) is 0 Å². The van der Waals surface area contributed by atoms with E-state index < -0.39 is 0 Å². The molecule has 3 rings (SSSR count). The molecule has 6 nitrogen and oxygen atoms in total. The van der Waals surface area contributed by atoms with Gasteiger partial charge < -0.3 is 14.4 Å². The van der Waals surface area contributed by atoms with Crippen molar-refractivity contribution >= 4 is 22.2 Å². The summed E-state index contributed by atoms with van der Waals surface area (Å²) in [6, 6.07) is 12.1. The Bertz CT molecular complexity index is 714. The van der Waals surface area contributed by atoms with E-state index in [-0.39, 0.29) is 5.91 Å². The summed E-state index contributed by atoms with van der Waals surface area (Å²) < 4.78 is 11.4. The maximum absolute atomic E-state index is 12.6. The first-order chi connectivity index (χ1) is 12.7. The maximum atomic E-state index is 12.6. The van der Waals surface area contributed by atoms with Gasteiger partial charge in [0.15, 0.2) is 0 Å². The second-order valence-corrected chi connectivity index (χ2v) is 6.98. The van der Waals surface area contributed by atoms with E-state index in [1.54, 1.807) is 7.05 Å². The van der Waals surface area contributed by atoms with Crippen molar-refractivity contribution in [2.45, 2.75) is 6.42 Å². The van der Waals surface area contributed by atoms with Crippen molar-refractivity contribution in [1.82, 2.24) is 5.06 Å². The van der Waals surface area contributed by atoms with Crippen LogP contribution in [0.25, 0.3) is 0 Å². The maximum Gasteiger partial charge on any atom is 0.291 e. The Kier molecular flexibility index (Phi) is 6.49. The summed E-state index contributed by atoms with van der Waals surface area (Å²) in [7, 11) is 3.08. The van der Waals surface area contributed by atoms with Gasteiger partial charge in [0, 0.05) is 32.6 Å². The molecular formula is C19H24N2O4S. The number of morpholine rings is 1. The first kappa shape index (κ1) is 18.7. The van der Waals surface area contributed by atoms with Gasteiger partial charge in [0.1, 0.15) is 10.6 Å². The molecule has 0 N–H and O–H groups in total. The minimum absolute atomic E-state index is 0.202. The van der Waals surface area contributed by atoms with E-state index in [0.717, 1.165) is 24.5 Å². The lowest BCUT2D eigenvalue weighted by Crippen LogP contribution is -2.35. The first-order valence-corrected chi connectivity index (χ1v) is 9.46. The number of anilines is 1. The fraction of sp³-hybridized carbons (Fsp3) is 0.421. The van der Waals surface area contributed by atoms with Gasteiger partial charge in [-0.2, -0.15) is 0 Å². The number of nitrogens with zero attached hydrogens (tertiary/aromatic N) is 2. The zero-order valence-corrected chi connectivity index (χ0v) is 16.0. The minimum atomic E-state index is -0.202. The van der Waals surface area contributed by atoms with Crippen molar-refractivity contribution in [2.75, 3.05) is 52.0 Å². The van der Waals surface area contributed by atoms with E-state index in [1.807, 2.05) is 24.3 Å². The Balaban J connectivity index is 1.74. The van der Waals surface area contributed by atoms with Crippen molar-refractivity contribution in [1.29, 1.82) is 0 Å². The van der Waals surface area contributed by atoms with Gasteiger partial charge in [0.25, 0.3) is 5.91 Å². The lowest BCUT2D eigenvalue weighted by atomic mass is 10.2. The van der Waals surface area contributed by atoms with Crippen molar-refractivity contribution in [3.63, 3.8) is 0 Å². The number of thiophene rings is 1. The predicted octanol–water partition coefficient (Wildman–Crippen LogP) is 2.84. The van der Waals surface area contributed by atoms with Crippen molar-refractivity contribution < 1.29 is 19.1 Å². The Morgan fingerprint density at radius 2 is 2.00 bits per heavy atom. The standard InChI is InChI=1S/C19H24N2O4S/c1-20(23-2)19(22)18-16(25-11-8-15-6-4-3-5-7-15)14-17(26-18)21-9-12-24-13-10-21/h3-7,14H,8-13H2,1-2H3. The van der Waals surface area contributed by atoms with Crippen LogP contribution < -0.4 is 9.64 Å². The van der Waals surface area contributed by atoms with Crippen LogP contribution in [-0.2, 0) is 16.0 Å². The second-order valence-electron chi connectivity index (χ2n) is 5.95. The van der Waals surface area contributed by atoms with E-state index >= 15 is 0 Å². The molecule has 1 aliphatic rings. The SMILES string of the molecule is CON(C)C(=O)c1sc(N2CCOCC2)cc1OCCc1ccccc1. The fourth-order valence-electron chi connectivity index (χ4n) is 2.71. The summed E-state index contributed by atoms with van der Waals surface area (Å²) in [6.07, 6.45) is 0.789. The van der Waals surface area contributed by atoms with Gasteiger partial charge in [-0.3, -0.25) is 9.63 Å². The number of carbonyl (C=O) groups is 1. The van der Waals surface area contributed by atoms with Gasteiger partial charge in [-0.15, -0.1) is 11.3 Å². The van der Waals surface area contributed by atoms with Gasteiger partial charge in [-0.05, 0) is 5.56 Å². The van der Waals surface area contributed by atoms with E-state index in [2.05, 4.69) is 17.0 Å². The zero-order valence-electron chi connectivity index (χ0n) is 15.1. The zero-order chi connectivity index (χ0) is 18.4. The molecule has 1 saturated heterocycles. The van der Waals surface area contributed by atoms with E-state index in [0.29, 0.717) is 30.4 Å². The van der Waals surface area contributed by atoms with Crippen LogP contribution in [0.5, 0.6) is 5.75 Å². The molecule has 0 spiro atoms. The highest BCUT2D eigenvalue weighted by Crippen LogP contribution is 2.37. The number of ether oxygens (including phenoxy) is 2. The van der Waals surface area contributed by atoms with Gasteiger partial charge >= 0.3 is 0 Å². The highest BCUT2D eigenvalue weighted by atomic mass is 32.1. The number of hydroxylamine groups is 2. The van der Waals surface area contributed by atoms with Crippen LogP contribution in [-0.4, -0.2) is 58.0 Å². The average Bonchev–Trinajstić information content (AvgIpc) is 3.12. The topological polar surface area (TPSA) is 51.2 Å². The molecule has 1 aromatic heterocycles. The molecule has 0 aliphatic carbocycles. The Labute approximate surface area is 157 Å². The van der Waals surface area contributed by atoms with Gasteiger partial charge in [-0.25, -0.2) is 5.06 Å². The predicted molar refractivity (Wildman–Crippen MR) is 102 cm³/mol. The lowest BCUT2D eigenvalue weighted by molar-refractivity contribution is -0.0755. The molecule has 1 amide bonds. The quantitative estimate of drug-likeness (QED) is 0.696. The van der Waals surface area contributed by atoms with Crippen LogP contribution in [0.3, 0.4) is 0 Å². The van der Waals surface area contributed by atoms with Crippen LogP contribution >= 0.6 is 11.3 Å². The molecule has 1 fully saturated rings. The molecule has 26 heavy (non-hydrogen) atoms. The van der Waals surface area contributed by atoms with Crippen LogP contribution in [0, 0.1) is 0 Å². The minimum Gasteiger partial charge on any atom is -0.491 e. The molecular weight excluding hydrogens is 352 g/mol. The Morgan fingerprint density at radius 3 is 2.69 bits per heavy atom. The number of carbonyl (C=O) groups excluding carboxylic acids is 1. The highest BCUT2D eigenvalue weighted by molar-refractivity contribution is 7.18. The molecule has 2 aromatic rings. The molecule has 2 heterocycles. The van der Waals surface area contributed by atoms with Crippen LogP contribution in [0.4, 0.5) is 5.00 Å². The normalized spacial score (nSPS) is 14.3. The molecule has 1 aromatic carbocycles. The summed E-state index contributed by atoms with van der Waals surface area (Å²) in [6.45, 7) is 3.54. The first-order valence-electron chi connectivity index (χ1n) is 8.64. The third kappa shape index (κ3) is 4.55. The third-order valence-corrected chi connectivity index (χ3v) is 5.42. The largest absolute Gasteiger partial charge is 0.491 e. The molecule has 7 heteroatoms. The number of benzene rings is 1. The number of hydrogen-bond donors (Lipinski definition) is 0.